The largest absolute Gasteiger partial charge is 0.297 e. The van der Waals surface area contributed by atoms with Gasteiger partial charge in [-0.2, -0.15) is 0 Å². The molecule has 0 atom stereocenters. The number of benzene rings is 2. The number of hydrogen-bond acceptors (Lipinski definition) is 4. The van der Waals surface area contributed by atoms with Crippen molar-refractivity contribution in [3.05, 3.63) is 99.1 Å². The second kappa shape index (κ2) is 10.1. The quantitative estimate of drug-likeness (QED) is 0.347. The number of aromatic nitrogens is 3. The first kappa shape index (κ1) is 23.4. The highest BCUT2D eigenvalue weighted by Crippen LogP contribution is 2.22. The van der Waals surface area contributed by atoms with Crippen molar-refractivity contribution in [2.24, 2.45) is 5.92 Å². The van der Waals surface area contributed by atoms with Gasteiger partial charge in [-0.25, -0.2) is 9.37 Å². The van der Waals surface area contributed by atoms with Crippen LogP contribution in [0.2, 0.25) is 5.02 Å². The monoisotopic (exact) mass is 488 g/mol. The van der Waals surface area contributed by atoms with Crippen molar-refractivity contribution < 1.29 is 4.39 Å². The summed E-state index contributed by atoms with van der Waals surface area (Å²) in [6.45, 7) is 5.31. The van der Waals surface area contributed by atoms with Gasteiger partial charge >= 0.3 is 0 Å². The van der Waals surface area contributed by atoms with Crippen molar-refractivity contribution in [3.63, 3.8) is 0 Å². The summed E-state index contributed by atoms with van der Waals surface area (Å²) < 4.78 is 15.3. The molecule has 4 aromatic rings. The summed E-state index contributed by atoms with van der Waals surface area (Å²) in [5.41, 5.74) is 2.29. The molecule has 2 aromatic heterocycles. The molecular weight excluding hydrogens is 463 g/mol. The normalized spacial score (nSPS) is 15.3. The van der Waals surface area contributed by atoms with Crippen LogP contribution in [0, 0.1) is 11.7 Å². The molecule has 7 heteroatoms. The molecule has 0 aliphatic carbocycles. The van der Waals surface area contributed by atoms with Crippen LogP contribution >= 0.6 is 11.6 Å². The maximum Gasteiger partial charge on any atom is 0.266 e. The third-order valence-electron chi connectivity index (χ3n) is 6.44. The number of piperidine rings is 1. The van der Waals surface area contributed by atoms with Gasteiger partial charge in [-0.15, -0.1) is 0 Å². The van der Waals surface area contributed by atoms with Gasteiger partial charge < -0.3 is 0 Å². The van der Waals surface area contributed by atoms with Gasteiger partial charge in [0.25, 0.3) is 5.56 Å². The molecule has 178 valence electrons. The molecule has 1 aliphatic rings. The Balaban J connectivity index is 1.52. The fourth-order valence-corrected chi connectivity index (χ4v) is 4.66. The maximum atomic E-state index is 13.9. The molecule has 1 fully saturated rings. The van der Waals surface area contributed by atoms with E-state index in [1.165, 1.54) is 35.6 Å². The van der Waals surface area contributed by atoms with Crippen LogP contribution in [0.1, 0.15) is 37.0 Å². The minimum atomic E-state index is -0.491. The number of para-hydroxylation sites is 1. The first-order chi connectivity index (χ1) is 17.0. The van der Waals surface area contributed by atoms with Gasteiger partial charge in [0.15, 0.2) is 0 Å². The van der Waals surface area contributed by atoms with Gasteiger partial charge in [-0.3, -0.25) is 19.2 Å². The number of fused-ring (bicyclic) bond motifs is 1. The Morgan fingerprint density at radius 2 is 1.83 bits per heavy atom. The number of halogens is 2. The predicted molar refractivity (Wildman–Crippen MR) is 139 cm³/mol. The second-order valence-corrected chi connectivity index (χ2v) is 9.48. The van der Waals surface area contributed by atoms with Crippen LogP contribution in [0.3, 0.4) is 0 Å². The van der Waals surface area contributed by atoms with E-state index >= 15 is 0 Å². The van der Waals surface area contributed by atoms with Crippen molar-refractivity contribution in [3.8, 4) is 5.69 Å². The average Bonchev–Trinajstić information content (AvgIpc) is 2.86. The fraction of sp³-hybridized carbons (Fsp3) is 0.250. The number of likely N-dealkylation sites (tertiary alicyclic amines) is 1. The van der Waals surface area contributed by atoms with Gasteiger partial charge in [0.1, 0.15) is 11.6 Å². The van der Waals surface area contributed by atoms with E-state index in [-0.39, 0.29) is 10.9 Å². The maximum absolute atomic E-state index is 13.9. The Bertz CT molecular complexity index is 1460. The van der Waals surface area contributed by atoms with E-state index in [0.717, 1.165) is 36.9 Å². The van der Waals surface area contributed by atoms with Crippen LogP contribution in [0.25, 0.3) is 28.7 Å². The van der Waals surface area contributed by atoms with E-state index in [4.69, 9.17) is 16.6 Å². The topological polar surface area (TPSA) is 51.0 Å². The summed E-state index contributed by atoms with van der Waals surface area (Å²) in [5.74, 6) is 0.684. The lowest BCUT2D eigenvalue weighted by Crippen LogP contribution is -2.32. The third-order valence-corrected chi connectivity index (χ3v) is 6.76. The van der Waals surface area contributed by atoms with Gasteiger partial charge in [-0.1, -0.05) is 36.7 Å². The van der Waals surface area contributed by atoms with Crippen LogP contribution < -0.4 is 5.56 Å². The Morgan fingerprint density at radius 1 is 1.03 bits per heavy atom. The molecule has 35 heavy (non-hydrogen) atoms. The zero-order chi connectivity index (χ0) is 24.4. The SMILES string of the molecule is CC1CCN(Cc2cccc(C=Cc3nc4ccc(F)cc4c(=O)n3-c3ccccc3Cl)n2)CC1. The standard InChI is InChI=1S/C28H26ClFN4O/c1-19-13-15-33(16-14-19)18-22-6-4-5-21(31-22)10-12-27-32-25-11-9-20(30)17-23(25)28(35)34(27)26-8-3-2-7-24(26)29/h2-12,17,19H,13-16,18H2,1H3. The van der Waals surface area contributed by atoms with E-state index in [0.29, 0.717) is 22.1 Å². The van der Waals surface area contributed by atoms with Gasteiger partial charge in [0, 0.05) is 6.54 Å². The van der Waals surface area contributed by atoms with E-state index in [2.05, 4.69) is 16.8 Å². The molecule has 0 spiro atoms. The van der Waals surface area contributed by atoms with E-state index in [9.17, 15) is 9.18 Å². The molecule has 5 nitrogen and oxygen atoms in total. The minimum Gasteiger partial charge on any atom is -0.297 e. The van der Waals surface area contributed by atoms with Crippen molar-refractivity contribution in [1.82, 2.24) is 19.4 Å². The van der Waals surface area contributed by atoms with Crippen LogP contribution in [0.4, 0.5) is 4.39 Å². The lowest BCUT2D eigenvalue weighted by molar-refractivity contribution is 0.183. The Kier molecular flexibility index (Phi) is 6.75. The molecular formula is C28H26ClFN4O. The van der Waals surface area contributed by atoms with E-state index < -0.39 is 5.82 Å². The summed E-state index contributed by atoms with van der Waals surface area (Å²) >= 11 is 6.42. The predicted octanol–water partition coefficient (Wildman–Crippen LogP) is 5.98. The second-order valence-electron chi connectivity index (χ2n) is 9.07. The summed E-state index contributed by atoms with van der Waals surface area (Å²) in [6, 6.07) is 17.0. The highest BCUT2D eigenvalue weighted by Gasteiger charge is 2.17. The number of rotatable bonds is 5. The molecule has 0 N–H and O–H groups in total. The average molecular weight is 489 g/mol. The Morgan fingerprint density at radius 3 is 2.63 bits per heavy atom. The third kappa shape index (κ3) is 5.19. The summed E-state index contributed by atoms with van der Waals surface area (Å²) in [7, 11) is 0. The molecule has 1 aliphatic heterocycles. The van der Waals surface area contributed by atoms with Crippen molar-refractivity contribution in [2.45, 2.75) is 26.3 Å². The van der Waals surface area contributed by atoms with Crippen LogP contribution in [0.5, 0.6) is 0 Å². The fourth-order valence-electron chi connectivity index (χ4n) is 4.44. The molecule has 0 radical (unpaired) electrons. The van der Waals surface area contributed by atoms with Crippen LogP contribution in [-0.2, 0) is 6.54 Å². The summed E-state index contributed by atoms with van der Waals surface area (Å²) in [6.07, 6.45) is 6.03. The smallest absolute Gasteiger partial charge is 0.266 e. The zero-order valence-electron chi connectivity index (χ0n) is 19.5. The van der Waals surface area contributed by atoms with Crippen LogP contribution in [-0.4, -0.2) is 32.5 Å². The van der Waals surface area contributed by atoms with Crippen molar-refractivity contribution in [1.29, 1.82) is 0 Å². The highest BCUT2D eigenvalue weighted by atomic mass is 35.5. The zero-order valence-corrected chi connectivity index (χ0v) is 20.3. The molecule has 1 saturated heterocycles. The number of pyridine rings is 1. The van der Waals surface area contributed by atoms with Crippen molar-refractivity contribution >= 4 is 34.7 Å². The minimum absolute atomic E-state index is 0.193. The van der Waals surface area contributed by atoms with Gasteiger partial charge in [0.2, 0.25) is 0 Å². The van der Waals surface area contributed by atoms with E-state index in [1.807, 2.05) is 24.3 Å². The summed E-state index contributed by atoms with van der Waals surface area (Å²) in [5, 5.41) is 0.593. The lowest BCUT2D eigenvalue weighted by Gasteiger charge is -2.29. The first-order valence-corrected chi connectivity index (χ1v) is 12.2. The number of hydrogen-bond donors (Lipinski definition) is 0. The van der Waals surface area contributed by atoms with E-state index in [1.54, 1.807) is 30.3 Å². The van der Waals surface area contributed by atoms with Crippen LogP contribution in [0.15, 0.2) is 65.5 Å². The molecule has 5 rings (SSSR count). The molecule has 0 amide bonds. The molecule has 0 saturated carbocycles. The molecule has 2 aromatic carbocycles. The highest BCUT2D eigenvalue weighted by molar-refractivity contribution is 6.32. The molecule has 0 bridgehead atoms. The Hall–Kier alpha value is -3.35. The number of nitrogens with zero attached hydrogens (tertiary/aromatic N) is 4. The first-order valence-electron chi connectivity index (χ1n) is 11.8. The molecule has 0 unspecified atom stereocenters. The lowest BCUT2D eigenvalue weighted by atomic mass is 9.99. The summed E-state index contributed by atoms with van der Waals surface area (Å²) in [4.78, 5) is 25.3. The van der Waals surface area contributed by atoms with Gasteiger partial charge in [0.05, 0.1) is 33.0 Å². The van der Waals surface area contributed by atoms with Crippen molar-refractivity contribution in [2.75, 3.05) is 13.1 Å². The molecule has 3 heterocycles. The Labute approximate surface area is 208 Å². The van der Waals surface area contributed by atoms with Gasteiger partial charge in [-0.05, 0) is 86.5 Å².